The van der Waals surface area contributed by atoms with Crippen LogP contribution >= 0.6 is 15.9 Å². The Morgan fingerprint density at radius 1 is 1.44 bits per heavy atom. The van der Waals surface area contributed by atoms with Crippen molar-refractivity contribution in [2.75, 3.05) is 38.3 Å². The van der Waals surface area contributed by atoms with Gasteiger partial charge in [0.15, 0.2) is 0 Å². The number of hydrogen-bond donors (Lipinski definition) is 1. The number of nitrogens with zero attached hydrogens (tertiary/aromatic N) is 3. The molecule has 1 rings (SSSR count). The standard InChI is InChI=1S/C10H15BrN4O/c1-14(2)9(16)6-15(3)10-7(11)4-13-5-8(10)12/h4-5H,6,12H2,1-3H3. The Morgan fingerprint density at radius 2 is 2.06 bits per heavy atom. The maximum atomic E-state index is 11.6. The Balaban J connectivity index is 2.88. The number of halogens is 1. The second kappa shape index (κ2) is 5.16. The van der Waals surface area contributed by atoms with Crippen molar-refractivity contribution in [3.63, 3.8) is 0 Å². The van der Waals surface area contributed by atoms with E-state index < -0.39 is 0 Å². The third kappa shape index (κ3) is 2.85. The number of hydrogen-bond acceptors (Lipinski definition) is 4. The van der Waals surface area contributed by atoms with Crippen LogP contribution in [0.2, 0.25) is 0 Å². The summed E-state index contributed by atoms with van der Waals surface area (Å²) in [6.45, 7) is 0.278. The van der Waals surface area contributed by atoms with Gasteiger partial charge >= 0.3 is 0 Å². The number of likely N-dealkylation sites (N-methyl/N-ethyl adjacent to an activating group) is 2. The summed E-state index contributed by atoms with van der Waals surface area (Å²) < 4.78 is 0.779. The fourth-order valence-corrected chi connectivity index (χ4v) is 1.92. The zero-order valence-corrected chi connectivity index (χ0v) is 11.2. The smallest absolute Gasteiger partial charge is 0.241 e. The summed E-state index contributed by atoms with van der Waals surface area (Å²) in [5.41, 5.74) is 7.14. The maximum Gasteiger partial charge on any atom is 0.241 e. The Hall–Kier alpha value is -1.30. The topological polar surface area (TPSA) is 62.5 Å². The van der Waals surface area contributed by atoms with E-state index in [9.17, 15) is 4.79 Å². The lowest BCUT2D eigenvalue weighted by molar-refractivity contribution is -0.127. The molecule has 1 amide bonds. The number of carbonyl (C=O) groups is 1. The molecular formula is C10H15BrN4O. The molecule has 0 saturated carbocycles. The molecule has 0 bridgehead atoms. The molecule has 0 radical (unpaired) electrons. The number of carbonyl (C=O) groups excluding carboxylic acids is 1. The minimum atomic E-state index is 0.0191. The number of aromatic nitrogens is 1. The van der Waals surface area contributed by atoms with Crippen LogP contribution in [-0.2, 0) is 4.79 Å². The predicted molar refractivity (Wildman–Crippen MR) is 68.3 cm³/mol. The van der Waals surface area contributed by atoms with Gasteiger partial charge in [-0.2, -0.15) is 0 Å². The van der Waals surface area contributed by atoms with Gasteiger partial charge in [0.25, 0.3) is 0 Å². The van der Waals surface area contributed by atoms with Crippen molar-refractivity contribution in [3.05, 3.63) is 16.9 Å². The molecule has 0 aliphatic rings. The van der Waals surface area contributed by atoms with Crippen molar-refractivity contribution in [1.29, 1.82) is 0 Å². The number of anilines is 2. The van der Waals surface area contributed by atoms with Crippen LogP contribution in [0.25, 0.3) is 0 Å². The second-order valence-electron chi connectivity index (χ2n) is 3.70. The van der Waals surface area contributed by atoms with Crippen molar-refractivity contribution in [2.45, 2.75) is 0 Å². The molecule has 5 nitrogen and oxygen atoms in total. The van der Waals surface area contributed by atoms with E-state index in [2.05, 4.69) is 20.9 Å². The van der Waals surface area contributed by atoms with E-state index in [1.165, 1.54) is 0 Å². The van der Waals surface area contributed by atoms with Gasteiger partial charge in [-0.25, -0.2) is 0 Å². The van der Waals surface area contributed by atoms with Gasteiger partial charge in [-0.3, -0.25) is 9.78 Å². The van der Waals surface area contributed by atoms with E-state index in [4.69, 9.17) is 5.73 Å². The molecule has 0 aromatic carbocycles. The Labute approximate surface area is 103 Å². The van der Waals surface area contributed by atoms with E-state index in [0.29, 0.717) is 5.69 Å². The van der Waals surface area contributed by atoms with Crippen LogP contribution in [0.3, 0.4) is 0 Å². The SMILES string of the molecule is CN(C)C(=O)CN(C)c1c(N)cncc1Br. The number of pyridine rings is 1. The summed E-state index contributed by atoms with van der Waals surface area (Å²) in [6.07, 6.45) is 3.22. The highest BCUT2D eigenvalue weighted by molar-refractivity contribution is 9.10. The number of nitrogen functional groups attached to an aromatic ring is 1. The molecule has 0 atom stereocenters. The van der Waals surface area contributed by atoms with Crippen LogP contribution in [0.4, 0.5) is 11.4 Å². The zero-order chi connectivity index (χ0) is 12.3. The Kier molecular flexibility index (Phi) is 4.12. The molecule has 0 fully saturated rings. The molecule has 16 heavy (non-hydrogen) atoms. The molecule has 6 heteroatoms. The zero-order valence-electron chi connectivity index (χ0n) is 9.57. The highest BCUT2D eigenvalue weighted by atomic mass is 79.9. The lowest BCUT2D eigenvalue weighted by Crippen LogP contribution is -2.34. The predicted octanol–water partition coefficient (Wildman–Crippen LogP) is 0.951. The quantitative estimate of drug-likeness (QED) is 0.899. The molecule has 0 aliphatic carbocycles. The third-order valence-corrected chi connectivity index (χ3v) is 2.73. The minimum absolute atomic E-state index is 0.0191. The van der Waals surface area contributed by atoms with Gasteiger partial charge in [-0.15, -0.1) is 0 Å². The highest BCUT2D eigenvalue weighted by Gasteiger charge is 2.14. The van der Waals surface area contributed by atoms with Gasteiger partial charge in [0, 0.05) is 27.3 Å². The van der Waals surface area contributed by atoms with Crippen LogP contribution in [0.1, 0.15) is 0 Å². The lowest BCUT2D eigenvalue weighted by Gasteiger charge is -2.23. The summed E-state index contributed by atoms with van der Waals surface area (Å²) in [5, 5.41) is 0. The average molecular weight is 287 g/mol. The molecule has 2 N–H and O–H groups in total. The van der Waals surface area contributed by atoms with Gasteiger partial charge in [0.1, 0.15) is 0 Å². The molecule has 1 aromatic rings. The average Bonchev–Trinajstić information content (AvgIpc) is 2.16. The van der Waals surface area contributed by atoms with Crippen molar-refractivity contribution in [1.82, 2.24) is 9.88 Å². The second-order valence-corrected chi connectivity index (χ2v) is 4.56. The van der Waals surface area contributed by atoms with Gasteiger partial charge in [-0.05, 0) is 15.9 Å². The fourth-order valence-electron chi connectivity index (χ4n) is 1.27. The number of amides is 1. The maximum absolute atomic E-state index is 11.6. The van der Waals surface area contributed by atoms with Crippen molar-refractivity contribution < 1.29 is 4.79 Å². The summed E-state index contributed by atoms with van der Waals surface area (Å²) in [6, 6.07) is 0. The van der Waals surface area contributed by atoms with Crippen LogP contribution in [0.5, 0.6) is 0 Å². The number of nitrogens with two attached hydrogens (primary N) is 1. The van der Waals surface area contributed by atoms with Gasteiger partial charge in [0.2, 0.25) is 5.91 Å². The van der Waals surface area contributed by atoms with Gasteiger partial charge in [0.05, 0.1) is 28.6 Å². The molecule has 0 unspecified atom stereocenters. The largest absolute Gasteiger partial charge is 0.396 e. The highest BCUT2D eigenvalue weighted by Crippen LogP contribution is 2.29. The lowest BCUT2D eigenvalue weighted by atomic mass is 10.3. The van der Waals surface area contributed by atoms with Crippen molar-refractivity contribution >= 4 is 33.2 Å². The van der Waals surface area contributed by atoms with Crippen molar-refractivity contribution in [2.24, 2.45) is 0 Å². The van der Waals surface area contributed by atoms with Crippen LogP contribution in [0.15, 0.2) is 16.9 Å². The number of rotatable bonds is 3. The summed E-state index contributed by atoms with van der Waals surface area (Å²) >= 11 is 3.37. The first kappa shape index (κ1) is 12.8. The summed E-state index contributed by atoms with van der Waals surface area (Å²) in [5.74, 6) is 0.0191. The first-order valence-electron chi connectivity index (χ1n) is 4.73. The van der Waals surface area contributed by atoms with E-state index in [1.54, 1.807) is 36.3 Å². The molecule has 1 heterocycles. The summed E-state index contributed by atoms with van der Waals surface area (Å²) in [4.78, 5) is 18.8. The molecule has 0 spiro atoms. The molecule has 88 valence electrons. The van der Waals surface area contributed by atoms with E-state index in [0.717, 1.165) is 10.2 Å². The normalized spacial score (nSPS) is 10.0. The van der Waals surface area contributed by atoms with E-state index >= 15 is 0 Å². The van der Waals surface area contributed by atoms with Crippen molar-refractivity contribution in [3.8, 4) is 0 Å². The van der Waals surface area contributed by atoms with Gasteiger partial charge < -0.3 is 15.5 Å². The minimum Gasteiger partial charge on any atom is -0.396 e. The Bertz CT molecular complexity index is 374. The fraction of sp³-hybridized carbons (Fsp3) is 0.400. The van der Waals surface area contributed by atoms with Gasteiger partial charge in [-0.1, -0.05) is 0 Å². The Morgan fingerprint density at radius 3 is 2.56 bits per heavy atom. The molecular weight excluding hydrogens is 272 g/mol. The molecule has 0 saturated heterocycles. The first-order valence-corrected chi connectivity index (χ1v) is 5.53. The third-order valence-electron chi connectivity index (χ3n) is 2.15. The van der Waals surface area contributed by atoms with Crippen LogP contribution < -0.4 is 10.6 Å². The first-order chi connectivity index (χ1) is 7.43. The van der Waals surface area contributed by atoms with Crippen LogP contribution in [0, 0.1) is 0 Å². The van der Waals surface area contributed by atoms with E-state index in [1.807, 2.05) is 7.05 Å². The van der Waals surface area contributed by atoms with E-state index in [-0.39, 0.29) is 12.5 Å². The molecule has 0 aliphatic heterocycles. The monoisotopic (exact) mass is 286 g/mol. The molecule has 1 aromatic heterocycles. The van der Waals surface area contributed by atoms with Crippen LogP contribution in [-0.4, -0.2) is 43.5 Å². The summed E-state index contributed by atoms with van der Waals surface area (Å²) in [7, 11) is 5.26.